The van der Waals surface area contributed by atoms with Crippen molar-refractivity contribution in [3.8, 4) is 55.6 Å². The van der Waals surface area contributed by atoms with Crippen molar-refractivity contribution in [2.24, 2.45) is 0 Å². The number of nitrogens with zero attached hydrogens (tertiary/aromatic N) is 1. The van der Waals surface area contributed by atoms with Crippen LogP contribution in [-0.4, -0.2) is 0 Å². The molecule has 1 heteroatoms. The van der Waals surface area contributed by atoms with Gasteiger partial charge in [0.2, 0.25) is 0 Å². The molecule has 1 nitrogen and oxygen atoms in total. The highest BCUT2D eigenvalue weighted by Gasteiger charge is 2.47. The molecule has 11 rings (SSSR count). The van der Waals surface area contributed by atoms with E-state index in [4.69, 9.17) is 0 Å². The highest BCUT2D eigenvalue weighted by atomic mass is 15.2. The summed E-state index contributed by atoms with van der Waals surface area (Å²) in [4.78, 5) is 2.55. The second-order valence-corrected chi connectivity index (χ2v) is 16.0. The number of anilines is 3. The van der Waals surface area contributed by atoms with Crippen LogP contribution in [-0.2, 0) is 5.41 Å². The molecule has 292 valence electrons. The molecule has 0 heterocycles. The van der Waals surface area contributed by atoms with Crippen LogP contribution in [0.3, 0.4) is 0 Å². The molecule has 0 amide bonds. The zero-order chi connectivity index (χ0) is 41.3. The van der Waals surface area contributed by atoms with Gasteiger partial charge in [-0.1, -0.05) is 231 Å². The second-order valence-electron chi connectivity index (χ2n) is 16.0. The van der Waals surface area contributed by atoms with E-state index in [1.165, 1.54) is 55.6 Å². The Morgan fingerprint density at radius 2 is 0.677 bits per heavy atom. The monoisotopic (exact) mass is 789 g/mol. The van der Waals surface area contributed by atoms with Gasteiger partial charge in [0.05, 0.1) is 16.8 Å². The molecule has 62 heavy (non-hydrogen) atoms. The minimum Gasteiger partial charge on any atom is -0.309 e. The third kappa shape index (κ3) is 6.26. The number of hydrogen-bond acceptors (Lipinski definition) is 1. The van der Waals surface area contributed by atoms with Crippen LogP contribution < -0.4 is 4.90 Å². The lowest BCUT2D eigenvalue weighted by atomic mass is 9.68. The number of fused-ring (bicyclic) bond motifs is 3. The van der Waals surface area contributed by atoms with Gasteiger partial charge in [0.15, 0.2) is 0 Å². The Morgan fingerprint density at radius 1 is 0.274 bits per heavy atom. The van der Waals surface area contributed by atoms with Gasteiger partial charge >= 0.3 is 0 Å². The molecule has 0 atom stereocenters. The first-order chi connectivity index (χ1) is 30.8. The van der Waals surface area contributed by atoms with Crippen molar-refractivity contribution in [3.63, 3.8) is 0 Å². The number of rotatable bonds is 9. The molecule has 1 aliphatic rings. The lowest BCUT2D eigenvalue weighted by Crippen LogP contribution is -2.28. The van der Waals surface area contributed by atoms with Crippen molar-refractivity contribution in [1.82, 2.24) is 0 Å². The lowest BCUT2D eigenvalue weighted by molar-refractivity contribution is 0.768. The summed E-state index contributed by atoms with van der Waals surface area (Å²) in [5, 5.41) is 0. The van der Waals surface area contributed by atoms with Crippen LogP contribution in [0.25, 0.3) is 55.6 Å². The number of hydrogen-bond donors (Lipinski definition) is 0. The van der Waals surface area contributed by atoms with Crippen LogP contribution in [0, 0.1) is 0 Å². The van der Waals surface area contributed by atoms with Gasteiger partial charge in [-0.15, -0.1) is 0 Å². The summed E-state index contributed by atoms with van der Waals surface area (Å²) in [5.41, 5.74) is 19.6. The number of benzene rings is 10. The first-order valence-corrected chi connectivity index (χ1v) is 21.4. The molecular weight excluding hydrogens is 747 g/mol. The fourth-order valence-corrected chi connectivity index (χ4v) is 9.83. The summed E-state index contributed by atoms with van der Waals surface area (Å²) in [5.74, 6) is 0. The molecule has 0 saturated carbocycles. The average molecular weight is 790 g/mol. The average Bonchev–Trinajstić information content (AvgIpc) is 3.67. The Bertz CT molecular complexity index is 3020. The van der Waals surface area contributed by atoms with Crippen LogP contribution in [0.1, 0.15) is 22.3 Å². The molecule has 0 saturated heterocycles. The van der Waals surface area contributed by atoms with Crippen molar-refractivity contribution >= 4 is 17.1 Å². The van der Waals surface area contributed by atoms with E-state index >= 15 is 0 Å². The Hall–Kier alpha value is -8.00. The molecule has 10 aromatic rings. The van der Waals surface area contributed by atoms with E-state index in [9.17, 15) is 0 Å². The highest BCUT2D eigenvalue weighted by Crippen LogP contribution is 2.60. The quantitative estimate of drug-likeness (QED) is 0.141. The zero-order valence-electron chi connectivity index (χ0n) is 34.3. The molecule has 0 aromatic heterocycles. The lowest BCUT2D eigenvalue weighted by Gasteiger charge is -2.35. The van der Waals surface area contributed by atoms with Crippen LogP contribution in [0.4, 0.5) is 17.1 Å². The summed E-state index contributed by atoms with van der Waals surface area (Å²) < 4.78 is 0. The fraction of sp³-hybridized carbons (Fsp3) is 0.0164. The van der Waals surface area contributed by atoms with Crippen LogP contribution in [0.15, 0.2) is 261 Å². The van der Waals surface area contributed by atoms with Gasteiger partial charge in [-0.05, 0) is 91.5 Å². The topological polar surface area (TPSA) is 3.24 Å². The van der Waals surface area contributed by atoms with E-state index in [0.29, 0.717) is 0 Å². The van der Waals surface area contributed by atoms with Gasteiger partial charge in [0.1, 0.15) is 0 Å². The highest BCUT2D eigenvalue weighted by molar-refractivity contribution is 6.04. The molecule has 0 N–H and O–H groups in total. The summed E-state index contributed by atoms with van der Waals surface area (Å²) in [6.07, 6.45) is 0. The Labute approximate surface area is 364 Å². The zero-order valence-corrected chi connectivity index (χ0v) is 34.3. The van der Waals surface area contributed by atoms with Crippen LogP contribution in [0.2, 0.25) is 0 Å². The van der Waals surface area contributed by atoms with E-state index in [1.54, 1.807) is 0 Å². The Balaban J connectivity index is 1.27. The van der Waals surface area contributed by atoms with Crippen molar-refractivity contribution in [1.29, 1.82) is 0 Å². The molecule has 10 aromatic carbocycles. The van der Waals surface area contributed by atoms with Gasteiger partial charge < -0.3 is 4.90 Å². The minimum absolute atomic E-state index is 0.547. The first-order valence-electron chi connectivity index (χ1n) is 21.4. The SMILES string of the molecule is c1ccc(-c2ccc(N(c3cccc4c3-c3ccccc3C4(c3ccccc3)c3ccccc3)c3c(-c4ccccc4)cc(-c4ccccc4)cc3-c3ccccc3)cc2)cc1. The van der Waals surface area contributed by atoms with Crippen molar-refractivity contribution in [2.75, 3.05) is 4.90 Å². The third-order valence-corrected chi connectivity index (χ3v) is 12.5. The third-order valence-electron chi connectivity index (χ3n) is 12.5. The predicted molar refractivity (Wildman–Crippen MR) is 260 cm³/mol. The Kier molecular flexibility index (Phi) is 9.48. The molecule has 0 bridgehead atoms. The smallest absolute Gasteiger partial charge is 0.0714 e. The summed E-state index contributed by atoms with van der Waals surface area (Å²) in [6.45, 7) is 0. The fourth-order valence-electron chi connectivity index (χ4n) is 9.83. The van der Waals surface area contributed by atoms with E-state index in [1.807, 2.05) is 0 Å². The van der Waals surface area contributed by atoms with Gasteiger partial charge in [0, 0.05) is 22.4 Å². The normalized spacial score (nSPS) is 12.3. The largest absolute Gasteiger partial charge is 0.309 e. The molecular formula is C61H43N. The molecule has 0 fully saturated rings. The summed E-state index contributed by atoms with van der Waals surface area (Å²) in [6, 6.07) is 95.4. The van der Waals surface area contributed by atoms with Gasteiger partial charge in [-0.2, -0.15) is 0 Å². The molecule has 0 unspecified atom stereocenters. The van der Waals surface area contributed by atoms with E-state index in [-0.39, 0.29) is 0 Å². The summed E-state index contributed by atoms with van der Waals surface area (Å²) >= 11 is 0. The predicted octanol–water partition coefficient (Wildman–Crippen LogP) is 16.2. The molecule has 0 aliphatic heterocycles. The van der Waals surface area contributed by atoms with E-state index < -0.39 is 5.41 Å². The maximum atomic E-state index is 2.55. The minimum atomic E-state index is -0.547. The van der Waals surface area contributed by atoms with Crippen LogP contribution in [0.5, 0.6) is 0 Å². The Morgan fingerprint density at radius 3 is 1.19 bits per heavy atom. The van der Waals surface area contributed by atoms with Crippen molar-refractivity contribution in [2.45, 2.75) is 5.41 Å². The van der Waals surface area contributed by atoms with Crippen LogP contribution >= 0.6 is 0 Å². The molecule has 0 spiro atoms. The molecule has 0 radical (unpaired) electrons. The van der Waals surface area contributed by atoms with E-state index in [2.05, 4.69) is 266 Å². The second kappa shape index (κ2) is 15.9. The maximum Gasteiger partial charge on any atom is 0.0714 e. The molecule has 1 aliphatic carbocycles. The first kappa shape index (κ1) is 37.0. The van der Waals surface area contributed by atoms with E-state index in [0.717, 1.165) is 39.3 Å². The van der Waals surface area contributed by atoms with Crippen molar-refractivity contribution in [3.05, 3.63) is 283 Å². The standard InChI is InChI=1S/C61H43N/c1-7-22-44(23-8-1)46-38-40-52(41-39-46)62(60-54(47-26-11-3-12-27-47)42-49(45-24-9-2-10-25-45)43-55(60)48-28-13-4-14-29-48)58-37-21-36-57-59(58)53-34-19-20-35-56(53)61(57,50-30-15-5-16-31-50)51-32-17-6-18-33-51/h1-43H. The van der Waals surface area contributed by atoms with Gasteiger partial charge in [-0.25, -0.2) is 0 Å². The van der Waals surface area contributed by atoms with Gasteiger partial charge in [-0.3, -0.25) is 0 Å². The van der Waals surface area contributed by atoms with Crippen molar-refractivity contribution < 1.29 is 0 Å². The van der Waals surface area contributed by atoms with Gasteiger partial charge in [0.25, 0.3) is 0 Å². The maximum absolute atomic E-state index is 2.55. The summed E-state index contributed by atoms with van der Waals surface area (Å²) in [7, 11) is 0.